The average Bonchev–Trinajstić information content (AvgIpc) is 3.25. The van der Waals surface area contributed by atoms with Gasteiger partial charge in [-0.15, -0.1) is 0 Å². The van der Waals surface area contributed by atoms with Crippen LogP contribution in [0.25, 0.3) is 0 Å². The molecule has 6 nitrogen and oxygen atoms in total. The van der Waals surface area contributed by atoms with Crippen molar-refractivity contribution in [1.82, 2.24) is 14.7 Å². The number of hydrogen-bond acceptors (Lipinski definition) is 4. The first kappa shape index (κ1) is 16.8. The van der Waals surface area contributed by atoms with Crippen LogP contribution in [0.2, 0.25) is 0 Å². The van der Waals surface area contributed by atoms with E-state index in [1.807, 2.05) is 0 Å². The van der Waals surface area contributed by atoms with Crippen LogP contribution >= 0.6 is 0 Å². The number of likely N-dealkylation sites (tertiary alicyclic amines) is 1. The van der Waals surface area contributed by atoms with Crippen molar-refractivity contribution in [2.24, 2.45) is 10.8 Å². The van der Waals surface area contributed by atoms with Gasteiger partial charge in [0.25, 0.3) is 5.91 Å². The molecule has 0 bridgehead atoms. The number of halogens is 3. The lowest BCUT2D eigenvalue weighted by Gasteiger charge is -2.52. The fourth-order valence-electron chi connectivity index (χ4n) is 4.30. The summed E-state index contributed by atoms with van der Waals surface area (Å²) in [5.41, 5.74) is -2.21. The third kappa shape index (κ3) is 2.32. The van der Waals surface area contributed by atoms with Crippen LogP contribution in [0.15, 0.2) is 6.07 Å². The SMILES string of the molecule is O=C(c1cc(C(F)(F)F)nn1C1CC1)N1C[C@]2(CO)CC[C@]2(CO)C1. The Morgan fingerprint density at radius 2 is 1.76 bits per heavy atom. The molecular formula is C16H20F3N3O3. The summed E-state index contributed by atoms with van der Waals surface area (Å²) >= 11 is 0. The van der Waals surface area contributed by atoms with Crippen LogP contribution < -0.4 is 0 Å². The van der Waals surface area contributed by atoms with E-state index in [0.717, 1.165) is 6.07 Å². The quantitative estimate of drug-likeness (QED) is 0.853. The highest BCUT2D eigenvalue weighted by Crippen LogP contribution is 2.61. The smallest absolute Gasteiger partial charge is 0.396 e. The maximum absolute atomic E-state index is 13.0. The first-order valence-electron chi connectivity index (χ1n) is 8.43. The van der Waals surface area contributed by atoms with Gasteiger partial charge in [-0.3, -0.25) is 9.48 Å². The number of nitrogens with zero attached hydrogens (tertiary/aromatic N) is 3. The van der Waals surface area contributed by atoms with E-state index in [9.17, 15) is 28.2 Å². The molecule has 1 saturated heterocycles. The Morgan fingerprint density at radius 1 is 1.20 bits per heavy atom. The molecule has 0 spiro atoms. The Bertz CT molecular complexity index is 687. The maximum Gasteiger partial charge on any atom is 0.435 e. The Morgan fingerprint density at radius 3 is 2.16 bits per heavy atom. The summed E-state index contributed by atoms with van der Waals surface area (Å²) in [6.45, 7) is 0.209. The highest BCUT2D eigenvalue weighted by Gasteiger charge is 2.64. The number of rotatable bonds is 4. The van der Waals surface area contributed by atoms with Crippen LogP contribution in [0.3, 0.4) is 0 Å². The second-order valence-corrected chi connectivity index (χ2v) is 7.63. The van der Waals surface area contributed by atoms with Gasteiger partial charge in [0.05, 0.1) is 19.3 Å². The largest absolute Gasteiger partial charge is 0.435 e. The van der Waals surface area contributed by atoms with Crippen molar-refractivity contribution in [3.63, 3.8) is 0 Å². The van der Waals surface area contributed by atoms with Crippen LogP contribution in [0.5, 0.6) is 0 Å². The molecule has 9 heteroatoms. The summed E-state index contributed by atoms with van der Waals surface area (Å²) in [6, 6.07) is 0.658. The van der Waals surface area contributed by atoms with Crippen molar-refractivity contribution in [3.05, 3.63) is 17.5 Å². The topological polar surface area (TPSA) is 78.6 Å². The normalized spacial score (nSPS) is 31.8. The van der Waals surface area contributed by atoms with E-state index in [1.54, 1.807) is 0 Å². The molecule has 2 atom stereocenters. The molecule has 3 fully saturated rings. The van der Waals surface area contributed by atoms with Crippen LogP contribution in [0.1, 0.15) is 47.9 Å². The van der Waals surface area contributed by atoms with Gasteiger partial charge in [0.2, 0.25) is 0 Å². The molecule has 0 radical (unpaired) electrons. The van der Waals surface area contributed by atoms with Gasteiger partial charge in [0.15, 0.2) is 5.69 Å². The third-order valence-electron chi connectivity index (χ3n) is 6.22. The molecule has 1 aromatic rings. The first-order valence-corrected chi connectivity index (χ1v) is 8.43. The summed E-state index contributed by atoms with van der Waals surface area (Å²) in [6.07, 6.45) is -1.79. The van der Waals surface area contributed by atoms with Gasteiger partial charge in [-0.1, -0.05) is 0 Å². The van der Waals surface area contributed by atoms with Gasteiger partial charge in [0, 0.05) is 30.0 Å². The number of aromatic nitrogens is 2. The summed E-state index contributed by atoms with van der Waals surface area (Å²) in [5, 5.41) is 23.1. The summed E-state index contributed by atoms with van der Waals surface area (Å²) < 4.78 is 40.2. The zero-order valence-corrected chi connectivity index (χ0v) is 13.6. The first-order chi connectivity index (χ1) is 11.8. The van der Waals surface area contributed by atoms with E-state index >= 15 is 0 Å². The van der Waals surface area contributed by atoms with Crippen LogP contribution in [-0.4, -0.2) is 57.1 Å². The van der Waals surface area contributed by atoms with Crippen molar-refractivity contribution in [2.75, 3.05) is 26.3 Å². The Kier molecular flexibility index (Phi) is 3.50. The summed E-state index contributed by atoms with van der Waals surface area (Å²) in [7, 11) is 0. The lowest BCUT2D eigenvalue weighted by Crippen LogP contribution is -2.54. The Hall–Kier alpha value is -1.61. The molecule has 4 rings (SSSR count). The van der Waals surface area contributed by atoms with Gasteiger partial charge in [-0.25, -0.2) is 0 Å². The van der Waals surface area contributed by atoms with Gasteiger partial charge in [-0.2, -0.15) is 18.3 Å². The maximum atomic E-state index is 13.0. The number of aliphatic hydroxyl groups is 2. The minimum absolute atomic E-state index is 0.0581. The van der Waals surface area contributed by atoms with Gasteiger partial charge in [0.1, 0.15) is 5.69 Å². The molecule has 2 heterocycles. The van der Waals surface area contributed by atoms with Gasteiger partial charge < -0.3 is 15.1 Å². The molecule has 0 aromatic carbocycles. The fourth-order valence-corrected chi connectivity index (χ4v) is 4.30. The lowest BCUT2D eigenvalue weighted by molar-refractivity contribution is -0.141. The number of carbonyl (C=O) groups is 1. The molecule has 1 aliphatic heterocycles. The summed E-state index contributed by atoms with van der Waals surface area (Å²) in [5.74, 6) is -0.509. The van der Waals surface area contributed by atoms with Gasteiger partial charge >= 0.3 is 6.18 Å². The average molecular weight is 359 g/mol. The molecule has 0 unspecified atom stereocenters. The Balaban J connectivity index is 1.65. The van der Waals surface area contributed by atoms with E-state index in [2.05, 4.69) is 5.10 Å². The van der Waals surface area contributed by atoms with Crippen molar-refractivity contribution in [2.45, 2.75) is 37.9 Å². The molecular weight excluding hydrogens is 339 g/mol. The number of fused-ring (bicyclic) bond motifs is 1. The zero-order valence-electron chi connectivity index (χ0n) is 13.6. The number of aliphatic hydroxyl groups excluding tert-OH is 2. The molecule has 25 heavy (non-hydrogen) atoms. The minimum Gasteiger partial charge on any atom is -0.396 e. The molecule has 138 valence electrons. The predicted molar refractivity (Wildman–Crippen MR) is 79.7 cm³/mol. The fraction of sp³-hybridized carbons (Fsp3) is 0.750. The third-order valence-corrected chi connectivity index (χ3v) is 6.22. The number of alkyl halides is 3. The zero-order chi connectivity index (χ0) is 18.0. The number of amides is 1. The second-order valence-electron chi connectivity index (χ2n) is 7.63. The molecule has 2 N–H and O–H groups in total. The molecule has 2 aliphatic carbocycles. The van der Waals surface area contributed by atoms with Gasteiger partial charge in [-0.05, 0) is 25.7 Å². The number of hydrogen-bond donors (Lipinski definition) is 2. The van der Waals surface area contributed by atoms with E-state index in [-0.39, 0.29) is 38.0 Å². The van der Waals surface area contributed by atoms with Crippen molar-refractivity contribution >= 4 is 5.91 Å². The molecule has 3 aliphatic rings. The Labute approximate surface area is 142 Å². The minimum atomic E-state index is -4.60. The van der Waals surface area contributed by atoms with E-state index in [4.69, 9.17) is 0 Å². The lowest BCUT2D eigenvalue weighted by atomic mass is 9.52. The van der Waals surface area contributed by atoms with E-state index < -0.39 is 28.6 Å². The van der Waals surface area contributed by atoms with Crippen molar-refractivity contribution in [3.8, 4) is 0 Å². The monoisotopic (exact) mass is 359 g/mol. The van der Waals surface area contributed by atoms with Crippen LogP contribution in [0, 0.1) is 10.8 Å². The highest BCUT2D eigenvalue weighted by atomic mass is 19.4. The van der Waals surface area contributed by atoms with E-state index in [1.165, 1.54) is 9.58 Å². The van der Waals surface area contributed by atoms with E-state index in [0.29, 0.717) is 25.7 Å². The number of carbonyl (C=O) groups excluding carboxylic acids is 1. The van der Waals surface area contributed by atoms with Crippen LogP contribution in [-0.2, 0) is 6.18 Å². The van der Waals surface area contributed by atoms with Crippen molar-refractivity contribution < 1.29 is 28.2 Å². The second kappa shape index (κ2) is 5.20. The predicted octanol–water partition coefficient (Wildman–Crippen LogP) is 1.44. The molecule has 1 amide bonds. The standard InChI is InChI=1S/C16H20F3N3O3/c17-16(18,19)12-5-11(22(20-12)10-1-2-10)13(25)21-6-14(8-23)3-4-15(14,7-21)9-24/h5,10,23-24H,1-4,6-9H2/t14-,15+. The van der Waals surface area contributed by atoms with Crippen LogP contribution in [0.4, 0.5) is 13.2 Å². The summed E-state index contributed by atoms with van der Waals surface area (Å²) in [4.78, 5) is 14.4. The molecule has 2 saturated carbocycles. The molecule has 1 aromatic heterocycles. The van der Waals surface area contributed by atoms with Crippen molar-refractivity contribution in [1.29, 1.82) is 0 Å². The highest BCUT2D eigenvalue weighted by molar-refractivity contribution is 5.93.